The number of benzene rings is 2. The summed E-state index contributed by atoms with van der Waals surface area (Å²) in [7, 11) is 0. The van der Waals surface area contributed by atoms with E-state index in [9.17, 15) is 5.11 Å². The van der Waals surface area contributed by atoms with Crippen molar-refractivity contribution in [3.05, 3.63) is 71.8 Å². The van der Waals surface area contributed by atoms with Gasteiger partial charge < -0.3 is 5.11 Å². The number of rotatable bonds is 8. The fraction of sp³-hybridized carbons (Fsp3) is 0.429. The Hall–Kier alpha value is -1.60. The highest BCUT2D eigenvalue weighted by Gasteiger charge is 2.31. The van der Waals surface area contributed by atoms with Crippen LogP contribution in [0, 0.1) is 5.92 Å². The predicted molar refractivity (Wildman–Crippen MR) is 93.8 cm³/mol. The molecule has 2 rings (SSSR count). The van der Waals surface area contributed by atoms with Gasteiger partial charge in [-0.25, -0.2) is 0 Å². The highest BCUT2D eigenvalue weighted by molar-refractivity contribution is 5.35. The predicted octanol–water partition coefficient (Wildman–Crippen LogP) is 5.53. The van der Waals surface area contributed by atoms with Crippen molar-refractivity contribution in [2.24, 2.45) is 5.92 Å². The second kappa shape index (κ2) is 8.14. The highest BCUT2D eigenvalue weighted by atomic mass is 16.3. The molecule has 1 nitrogen and oxygen atoms in total. The van der Waals surface area contributed by atoms with E-state index in [0.717, 1.165) is 24.0 Å². The first-order valence-electron chi connectivity index (χ1n) is 8.50. The molecule has 0 heterocycles. The van der Waals surface area contributed by atoms with E-state index in [2.05, 4.69) is 13.8 Å². The van der Waals surface area contributed by atoms with Gasteiger partial charge in [-0.2, -0.15) is 0 Å². The van der Waals surface area contributed by atoms with Gasteiger partial charge in [-0.1, -0.05) is 93.8 Å². The van der Waals surface area contributed by atoms with Crippen molar-refractivity contribution in [1.29, 1.82) is 0 Å². The largest absolute Gasteiger partial charge is 0.380 e. The minimum Gasteiger partial charge on any atom is -0.380 e. The standard InChI is InChI=1S/C21H28O/c1-3-4-11-18(2)16-17-21(22,19-12-7-5-8-13-19)20-14-9-6-10-15-20/h5-10,12-15,18,22H,3-4,11,16-17H2,1-2H3/t18-/m0/s1. The number of hydrogen-bond donors (Lipinski definition) is 1. The van der Waals surface area contributed by atoms with Gasteiger partial charge in [0.05, 0.1) is 0 Å². The molecule has 1 heteroatoms. The minimum atomic E-state index is -0.886. The van der Waals surface area contributed by atoms with Crippen LogP contribution in [-0.4, -0.2) is 5.11 Å². The Morgan fingerprint density at radius 3 is 1.82 bits per heavy atom. The first-order valence-corrected chi connectivity index (χ1v) is 8.50. The molecule has 0 spiro atoms. The number of hydrogen-bond acceptors (Lipinski definition) is 1. The van der Waals surface area contributed by atoms with Crippen LogP contribution in [0.2, 0.25) is 0 Å². The van der Waals surface area contributed by atoms with E-state index >= 15 is 0 Å². The molecule has 1 atom stereocenters. The van der Waals surface area contributed by atoms with Crippen molar-refractivity contribution in [2.45, 2.75) is 51.6 Å². The van der Waals surface area contributed by atoms with Crippen LogP contribution in [0.3, 0.4) is 0 Å². The van der Waals surface area contributed by atoms with Crippen LogP contribution >= 0.6 is 0 Å². The molecule has 0 aliphatic carbocycles. The van der Waals surface area contributed by atoms with Crippen molar-refractivity contribution in [2.75, 3.05) is 0 Å². The molecule has 0 bridgehead atoms. The first-order chi connectivity index (χ1) is 10.7. The average molecular weight is 296 g/mol. The summed E-state index contributed by atoms with van der Waals surface area (Å²) in [6.45, 7) is 4.53. The minimum absolute atomic E-state index is 0.652. The molecule has 0 unspecified atom stereocenters. The third-order valence-electron chi connectivity index (χ3n) is 4.55. The van der Waals surface area contributed by atoms with Gasteiger partial charge in [0.15, 0.2) is 0 Å². The first kappa shape index (κ1) is 16.8. The maximum absolute atomic E-state index is 11.4. The quantitative estimate of drug-likeness (QED) is 0.679. The van der Waals surface area contributed by atoms with Crippen molar-refractivity contribution in [1.82, 2.24) is 0 Å². The summed E-state index contributed by atoms with van der Waals surface area (Å²) in [5.41, 5.74) is 1.09. The van der Waals surface area contributed by atoms with Crippen LogP contribution in [0.5, 0.6) is 0 Å². The number of aliphatic hydroxyl groups is 1. The van der Waals surface area contributed by atoms with Crippen LogP contribution in [-0.2, 0) is 5.60 Å². The van der Waals surface area contributed by atoms with Crippen molar-refractivity contribution in [3.8, 4) is 0 Å². The van der Waals surface area contributed by atoms with Gasteiger partial charge in [0.2, 0.25) is 0 Å². The Labute approximate surface area is 135 Å². The molecule has 1 N–H and O–H groups in total. The van der Waals surface area contributed by atoms with Crippen LogP contribution in [0.1, 0.15) is 57.1 Å². The summed E-state index contributed by atoms with van der Waals surface area (Å²) in [5.74, 6) is 0.652. The molecule has 2 aromatic rings. The van der Waals surface area contributed by atoms with Gasteiger partial charge >= 0.3 is 0 Å². The van der Waals surface area contributed by atoms with Gasteiger partial charge in [-0.3, -0.25) is 0 Å². The fourth-order valence-electron chi connectivity index (χ4n) is 3.04. The van der Waals surface area contributed by atoms with E-state index in [4.69, 9.17) is 0 Å². The molecule has 118 valence electrons. The zero-order valence-corrected chi connectivity index (χ0v) is 13.8. The van der Waals surface area contributed by atoms with E-state index in [0.29, 0.717) is 5.92 Å². The van der Waals surface area contributed by atoms with E-state index < -0.39 is 5.60 Å². The molecule has 0 saturated carbocycles. The molecule has 0 aliphatic rings. The Morgan fingerprint density at radius 1 is 0.864 bits per heavy atom. The summed E-state index contributed by atoms with van der Waals surface area (Å²) < 4.78 is 0. The molecule has 0 aromatic heterocycles. The maximum Gasteiger partial charge on any atom is 0.115 e. The maximum atomic E-state index is 11.4. The van der Waals surface area contributed by atoms with Gasteiger partial charge in [0.1, 0.15) is 5.60 Å². The molecular formula is C21H28O. The Kier molecular flexibility index (Phi) is 6.21. The summed E-state index contributed by atoms with van der Waals surface area (Å²) in [4.78, 5) is 0. The lowest BCUT2D eigenvalue weighted by molar-refractivity contribution is 0.0636. The average Bonchev–Trinajstić information content (AvgIpc) is 2.59. The third-order valence-corrected chi connectivity index (χ3v) is 4.55. The summed E-state index contributed by atoms with van der Waals surface area (Å²) in [6.07, 6.45) is 5.57. The summed E-state index contributed by atoms with van der Waals surface area (Å²) >= 11 is 0. The zero-order valence-electron chi connectivity index (χ0n) is 13.8. The Bertz CT molecular complexity index is 493. The van der Waals surface area contributed by atoms with Gasteiger partial charge in [0.25, 0.3) is 0 Å². The lowest BCUT2D eigenvalue weighted by Gasteiger charge is -2.30. The Morgan fingerprint density at radius 2 is 1.36 bits per heavy atom. The highest BCUT2D eigenvalue weighted by Crippen LogP contribution is 2.35. The Balaban J connectivity index is 2.20. The molecule has 0 saturated heterocycles. The molecule has 2 aromatic carbocycles. The van der Waals surface area contributed by atoms with Crippen molar-refractivity contribution in [3.63, 3.8) is 0 Å². The zero-order chi connectivity index (χ0) is 15.8. The summed E-state index contributed by atoms with van der Waals surface area (Å²) in [6, 6.07) is 20.1. The molecule has 0 aliphatic heterocycles. The molecule has 0 radical (unpaired) electrons. The lowest BCUT2D eigenvalue weighted by atomic mass is 9.80. The fourth-order valence-corrected chi connectivity index (χ4v) is 3.04. The van der Waals surface area contributed by atoms with Gasteiger partial charge in [-0.15, -0.1) is 0 Å². The molecule has 22 heavy (non-hydrogen) atoms. The topological polar surface area (TPSA) is 20.2 Å². The van der Waals surface area contributed by atoms with Crippen molar-refractivity contribution < 1.29 is 5.11 Å². The van der Waals surface area contributed by atoms with Crippen LogP contribution < -0.4 is 0 Å². The molecule has 0 fully saturated rings. The SMILES string of the molecule is CCCC[C@H](C)CCC(O)(c1ccccc1)c1ccccc1. The van der Waals surface area contributed by atoms with Crippen molar-refractivity contribution >= 4 is 0 Å². The van der Waals surface area contributed by atoms with Crippen LogP contribution in [0.25, 0.3) is 0 Å². The molecule has 0 amide bonds. The van der Waals surface area contributed by atoms with Crippen LogP contribution in [0.15, 0.2) is 60.7 Å². The second-order valence-electron chi connectivity index (χ2n) is 6.38. The number of unbranched alkanes of at least 4 members (excludes halogenated alkanes) is 1. The van der Waals surface area contributed by atoms with E-state index in [1.807, 2.05) is 60.7 Å². The third kappa shape index (κ3) is 4.20. The monoisotopic (exact) mass is 296 g/mol. The molecular weight excluding hydrogens is 268 g/mol. The van der Waals surface area contributed by atoms with Crippen LogP contribution in [0.4, 0.5) is 0 Å². The van der Waals surface area contributed by atoms with E-state index in [1.165, 1.54) is 19.3 Å². The van der Waals surface area contributed by atoms with E-state index in [-0.39, 0.29) is 0 Å². The second-order valence-corrected chi connectivity index (χ2v) is 6.38. The summed E-state index contributed by atoms with van der Waals surface area (Å²) in [5, 5.41) is 11.4. The normalized spacial score (nSPS) is 13.0. The lowest BCUT2D eigenvalue weighted by Crippen LogP contribution is -2.28. The van der Waals surface area contributed by atoms with E-state index in [1.54, 1.807) is 0 Å². The smallest absolute Gasteiger partial charge is 0.115 e. The van der Waals surface area contributed by atoms with Gasteiger partial charge in [-0.05, 0) is 29.9 Å². The van der Waals surface area contributed by atoms with Gasteiger partial charge in [0, 0.05) is 0 Å².